The maximum absolute atomic E-state index is 13.4. The van der Waals surface area contributed by atoms with Gasteiger partial charge in [-0.2, -0.15) is 0 Å². The zero-order chi connectivity index (χ0) is 21.1. The molecule has 0 atom stereocenters. The van der Waals surface area contributed by atoms with Gasteiger partial charge in [-0.3, -0.25) is 4.79 Å². The molecule has 2 aromatic heterocycles. The van der Waals surface area contributed by atoms with Gasteiger partial charge in [0.15, 0.2) is 17.3 Å². The van der Waals surface area contributed by atoms with Crippen molar-refractivity contribution in [3.63, 3.8) is 0 Å². The van der Waals surface area contributed by atoms with Crippen LogP contribution in [-0.4, -0.2) is 32.3 Å². The molecule has 0 N–H and O–H groups in total. The molecule has 0 amide bonds. The number of methoxy groups -OCH3 is 3. The standard InChI is InChI=1S/C23H19NO5S/c1-26-16-9-6-14(7-10-16)21-20(22(25)19-5-4-12-30-19)23(29-24-21)15-8-11-17(27-2)18(13-15)28-3/h4-13H,1-3H3. The van der Waals surface area contributed by atoms with Crippen LogP contribution in [0.4, 0.5) is 0 Å². The molecule has 4 aromatic rings. The molecule has 152 valence electrons. The molecule has 30 heavy (non-hydrogen) atoms. The van der Waals surface area contributed by atoms with Crippen molar-refractivity contribution < 1.29 is 23.5 Å². The number of rotatable bonds is 7. The van der Waals surface area contributed by atoms with Crippen LogP contribution in [0.1, 0.15) is 15.2 Å². The maximum atomic E-state index is 13.4. The predicted octanol–water partition coefficient (Wildman–Crippen LogP) is 5.33. The summed E-state index contributed by atoms with van der Waals surface area (Å²) in [5, 5.41) is 6.11. The van der Waals surface area contributed by atoms with E-state index in [0.29, 0.717) is 44.7 Å². The van der Waals surface area contributed by atoms with E-state index in [0.717, 1.165) is 5.56 Å². The Bertz CT molecular complexity index is 1160. The molecule has 0 aliphatic rings. The van der Waals surface area contributed by atoms with Gasteiger partial charge in [0.05, 0.1) is 31.8 Å². The molecule has 0 saturated heterocycles. The Morgan fingerprint density at radius 1 is 0.900 bits per heavy atom. The van der Waals surface area contributed by atoms with Gasteiger partial charge in [-0.15, -0.1) is 11.3 Å². The van der Waals surface area contributed by atoms with Crippen LogP contribution in [0.2, 0.25) is 0 Å². The summed E-state index contributed by atoms with van der Waals surface area (Å²) in [6.45, 7) is 0. The Kier molecular flexibility index (Phi) is 5.54. The first-order valence-electron chi connectivity index (χ1n) is 9.11. The lowest BCUT2D eigenvalue weighted by atomic mass is 9.98. The summed E-state index contributed by atoms with van der Waals surface area (Å²) in [7, 11) is 4.73. The highest BCUT2D eigenvalue weighted by Gasteiger charge is 2.27. The minimum absolute atomic E-state index is 0.151. The van der Waals surface area contributed by atoms with Crippen molar-refractivity contribution >= 4 is 17.1 Å². The fraction of sp³-hybridized carbons (Fsp3) is 0.130. The van der Waals surface area contributed by atoms with E-state index in [9.17, 15) is 4.79 Å². The van der Waals surface area contributed by atoms with Crippen molar-refractivity contribution in [3.05, 3.63) is 70.4 Å². The molecule has 0 saturated carbocycles. The average molecular weight is 421 g/mol. The molecule has 0 fully saturated rings. The SMILES string of the molecule is COc1ccc(-c2noc(-c3ccc(OC)c(OC)c3)c2C(=O)c2cccs2)cc1. The average Bonchev–Trinajstić information content (AvgIpc) is 3.48. The second kappa shape index (κ2) is 8.42. The van der Waals surface area contributed by atoms with Crippen LogP contribution in [0.3, 0.4) is 0 Å². The van der Waals surface area contributed by atoms with Gasteiger partial charge >= 0.3 is 0 Å². The van der Waals surface area contributed by atoms with Gasteiger partial charge in [0.25, 0.3) is 0 Å². The molecule has 2 heterocycles. The molecule has 0 aliphatic heterocycles. The molecule has 0 aliphatic carbocycles. The van der Waals surface area contributed by atoms with Crippen LogP contribution in [0.25, 0.3) is 22.6 Å². The summed E-state index contributed by atoms with van der Waals surface area (Å²) >= 11 is 1.37. The normalized spacial score (nSPS) is 10.6. The lowest BCUT2D eigenvalue weighted by molar-refractivity contribution is 0.104. The van der Waals surface area contributed by atoms with Crippen molar-refractivity contribution in [2.75, 3.05) is 21.3 Å². The first-order chi connectivity index (χ1) is 14.7. The minimum Gasteiger partial charge on any atom is -0.497 e. The van der Waals surface area contributed by atoms with Crippen LogP contribution < -0.4 is 14.2 Å². The largest absolute Gasteiger partial charge is 0.497 e. The first-order valence-corrected chi connectivity index (χ1v) is 9.99. The monoisotopic (exact) mass is 421 g/mol. The van der Waals surface area contributed by atoms with E-state index in [1.165, 1.54) is 11.3 Å². The number of ketones is 1. The van der Waals surface area contributed by atoms with E-state index >= 15 is 0 Å². The fourth-order valence-electron chi connectivity index (χ4n) is 3.15. The van der Waals surface area contributed by atoms with Gasteiger partial charge in [0.2, 0.25) is 5.78 Å². The smallest absolute Gasteiger partial charge is 0.209 e. The van der Waals surface area contributed by atoms with E-state index < -0.39 is 0 Å². The number of carbonyl (C=O) groups is 1. The van der Waals surface area contributed by atoms with E-state index in [4.69, 9.17) is 18.7 Å². The highest BCUT2D eigenvalue weighted by Crippen LogP contribution is 2.38. The van der Waals surface area contributed by atoms with Gasteiger partial charge in [0, 0.05) is 11.1 Å². The first kappa shape index (κ1) is 19.7. The number of carbonyl (C=O) groups excluding carboxylic acids is 1. The number of ether oxygens (including phenoxy) is 3. The number of hydrogen-bond acceptors (Lipinski definition) is 7. The summed E-state index contributed by atoms with van der Waals surface area (Å²) in [5.41, 5.74) is 2.29. The van der Waals surface area contributed by atoms with Gasteiger partial charge in [-0.1, -0.05) is 11.2 Å². The van der Waals surface area contributed by atoms with Crippen LogP contribution in [0.15, 0.2) is 64.5 Å². The number of benzene rings is 2. The van der Waals surface area contributed by atoms with Crippen LogP contribution in [-0.2, 0) is 0 Å². The van der Waals surface area contributed by atoms with E-state index in [1.54, 1.807) is 39.5 Å². The Balaban J connectivity index is 1.89. The summed E-state index contributed by atoms with van der Waals surface area (Å²) in [5.74, 6) is 2.06. The van der Waals surface area contributed by atoms with Crippen molar-refractivity contribution in [2.45, 2.75) is 0 Å². The minimum atomic E-state index is -0.151. The summed E-state index contributed by atoms with van der Waals surface area (Å²) in [4.78, 5) is 14.0. The molecule has 4 rings (SSSR count). The molecule has 0 unspecified atom stereocenters. The molecule has 6 nitrogen and oxygen atoms in total. The number of hydrogen-bond donors (Lipinski definition) is 0. The van der Waals surface area contributed by atoms with Gasteiger partial charge in [-0.05, 0) is 53.9 Å². The summed E-state index contributed by atoms with van der Waals surface area (Å²) in [6, 6.07) is 16.3. The van der Waals surface area contributed by atoms with Gasteiger partial charge in [0.1, 0.15) is 11.4 Å². The fourth-order valence-corrected chi connectivity index (χ4v) is 3.82. The van der Waals surface area contributed by atoms with Crippen molar-refractivity contribution in [1.82, 2.24) is 5.16 Å². The van der Waals surface area contributed by atoms with Crippen molar-refractivity contribution in [1.29, 1.82) is 0 Å². The highest BCUT2D eigenvalue weighted by molar-refractivity contribution is 7.12. The molecule has 0 spiro atoms. The summed E-state index contributed by atoms with van der Waals surface area (Å²) < 4.78 is 21.6. The zero-order valence-electron chi connectivity index (χ0n) is 16.7. The third-order valence-electron chi connectivity index (χ3n) is 4.67. The van der Waals surface area contributed by atoms with Crippen LogP contribution in [0, 0.1) is 0 Å². The maximum Gasteiger partial charge on any atom is 0.209 e. The molecule has 0 bridgehead atoms. The number of aromatic nitrogens is 1. The van der Waals surface area contributed by atoms with Crippen LogP contribution >= 0.6 is 11.3 Å². The van der Waals surface area contributed by atoms with Crippen LogP contribution in [0.5, 0.6) is 17.2 Å². The number of thiophene rings is 1. The Morgan fingerprint density at radius 3 is 2.27 bits per heavy atom. The van der Waals surface area contributed by atoms with Gasteiger partial charge < -0.3 is 18.7 Å². The Morgan fingerprint density at radius 2 is 1.63 bits per heavy atom. The Hall–Kier alpha value is -3.58. The molecular weight excluding hydrogens is 402 g/mol. The summed E-state index contributed by atoms with van der Waals surface area (Å²) in [6.07, 6.45) is 0. The lowest BCUT2D eigenvalue weighted by Crippen LogP contribution is -2.02. The molecular formula is C23H19NO5S. The quantitative estimate of drug-likeness (QED) is 0.376. The zero-order valence-corrected chi connectivity index (χ0v) is 17.5. The molecule has 2 aromatic carbocycles. The van der Waals surface area contributed by atoms with Crippen molar-refractivity contribution in [3.8, 4) is 39.8 Å². The third kappa shape index (κ3) is 3.55. The molecule has 0 radical (unpaired) electrons. The predicted molar refractivity (Wildman–Crippen MR) is 115 cm³/mol. The second-order valence-electron chi connectivity index (χ2n) is 6.34. The second-order valence-corrected chi connectivity index (χ2v) is 7.29. The topological polar surface area (TPSA) is 70.8 Å². The highest BCUT2D eigenvalue weighted by atomic mass is 32.1. The molecule has 7 heteroatoms. The van der Waals surface area contributed by atoms with Crippen molar-refractivity contribution in [2.24, 2.45) is 0 Å². The van der Waals surface area contributed by atoms with Gasteiger partial charge in [-0.25, -0.2) is 0 Å². The van der Waals surface area contributed by atoms with E-state index in [2.05, 4.69) is 5.16 Å². The number of nitrogens with zero attached hydrogens (tertiary/aromatic N) is 1. The lowest BCUT2D eigenvalue weighted by Gasteiger charge is -2.09. The van der Waals surface area contributed by atoms with E-state index in [-0.39, 0.29) is 5.78 Å². The Labute approximate surface area is 177 Å². The van der Waals surface area contributed by atoms with E-state index in [1.807, 2.05) is 41.8 Å². The third-order valence-corrected chi connectivity index (χ3v) is 5.54.